The Labute approximate surface area is 154 Å². The summed E-state index contributed by atoms with van der Waals surface area (Å²) in [5.41, 5.74) is 1.90. The van der Waals surface area contributed by atoms with Gasteiger partial charge in [0, 0.05) is 12.6 Å². The maximum atomic E-state index is 12.3. The van der Waals surface area contributed by atoms with Gasteiger partial charge >= 0.3 is 0 Å². The van der Waals surface area contributed by atoms with Gasteiger partial charge in [-0.3, -0.25) is 4.79 Å². The van der Waals surface area contributed by atoms with Gasteiger partial charge in [0.1, 0.15) is 0 Å². The first-order chi connectivity index (χ1) is 12.7. The molecule has 0 atom stereocenters. The molecule has 3 aromatic rings. The lowest BCUT2D eigenvalue weighted by atomic mass is 10.2. The van der Waals surface area contributed by atoms with E-state index in [2.05, 4.69) is 11.6 Å². The molecule has 1 aliphatic heterocycles. The summed E-state index contributed by atoms with van der Waals surface area (Å²) in [6, 6.07) is 13.5. The van der Waals surface area contributed by atoms with Crippen molar-refractivity contribution in [1.82, 2.24) is 4.57 Å². The lowest BCUT2D eigenvalue weighted by molar-refractivity contribution is -0.113. The Hall–Kier alpha value is -3.12. The van der Waals surface area contributed by atoms with E-state index >= 15 is 0 Å². The number of rotatable bonds is 4. The minimum absolute atomic E-state index is 0.228. The lowest BCUT2D eigenvalue weighted by Gasteiger charge is -1.99. The zero-order chi connectivity index (χ0) is 17.9. The van der Waals surface area contributed by atoms with Gasteiger partial charge < -0.3 is 14.0 Å². The van der Waals surface area contributed by atoms with Crippen molar-refractivity contribution >= 4 is 33.5 Å². The van der Waals surface area contributed by atoms with Crippen LogP contribution in [0.25, 0.3) is 16.3 Å². The Morgan fingerprint density at radius 2 is 2.08 bits per heavy atom. The van der Waals surface area contributed by atoms with Crippen molar-refractivity contribution < 1.29 is 14.3 Å². The van der Waals surface area contributed by atoms with Crippen molar-refractivity contribution in [3.05, 3.63) is 71.6 Å². The van der Waals surface area contributed by atoms with E-state index in [0.717, 1.165) is 15.8 Å². The molecule has 0 saturated carbocycles. The molecule has 1 amide bonds. The SMILES string of the molecule is C=CCn1c(=NC(=O)/C=C\c2ccc3c(c2)OCO3)sc2ccccc21. The quantitative estimate of drug-likeness (QED) is 0.523. The number of thiazole rings is 1. The molecular weight excluding hydrogens is 348 g/mol. The van der Waals surface area contributed by atoms with Crippen LogP contribution < -0.4 is 14.3 Å². The summed E-state index contributed by atoms with van der Waals surface area (Å²) in [5.74, 6) is 1.09. The molecule has 0 saturated heterocycles. The molecule has 1 aliphatic rings. The Morgan fingerprint density at radius 1 is 1.23 bits per heavy atom. The molecule has 0 aliphatic carbocycles. The van der Waals surface area contributed by atoms with Crippen LogP contribution in [-0.2, 0) is 11.3 Å². The van der Waals surface area contributed by atoms with E-state index in [0.29, 0.717) is 22.8 Å². The molecule has 0 unspecified atom stereocenters. The van der Waals surface area contributed by atoms with Crippen molar-refractivity contribution in [3.8, 4) is 11.5 Å². The Bertz CT molecular complexity index is 1090. The zero-order valence-electron chi connectivity index (χ0n) is 13.9. The molecule has 0 fully saturated rings. The fourth-order valence-electron chi connectivity index (χ4n) is 2.73. The summed E-state index contributed by atoms with van der Waals surface area (Å²) in [7, 11) is 0. The second-order valence-electron chi connectivity index (χ2n) is 5.65. The minimum atomic E-state index is -0.313. The summed E-state index contributed by atoms with van der Waals surface area (Å²) >= 11 is 1.49. The van der Waals surface area contributed by atoms with Crippen molar-refractivity contribution in [2.24, 2.45) is 4.99 Å². The van der Waals surface area contributed by atoms with Gasteiger partial charge in [0.25, 0.3) is 5.91 Å². The molecule has 0 radical (unpaired) electrons. The Balaban J connectivity index is 1.63. The number of hydrogen-bond acceptors (Lipinski definition) is 4. The first-order valence-corrected chi connectivity index (χ1v) is 8.92. The highest BCUT2D eigenvalue weighted by Gasteiger charge is 2.12. The zero-order valence-corrected chi connectivity index (χ0v) is 14.7. The third-order valence-electron chi connectivity index (χ3n) is 3.92. The van der Waals surface area contributed by atoms with Crippen LogP contribution in [0.5, 0.6) is 11.5 Å². The molecule has 0 N–H and O–H groups in total. The van der Waals surface area contributed by atoms with Crippen molar-refractivity contribution in [2.45, 2.75) is 6.54 Å². The first kappa shape index (κ1) is 16.4. The van der Waals surface area contributed by atoms with Gasteiger partial charge in [-0.05, 0) is 35.9 Å². The van der Waals surface area contributed by atoms with Gasteiger partial charge in [-0.2, -0.15) is 4.99 Å². The van der Waals surface area contributed by atoms with Crippen LogP contribution in [0, 0.1) is 0 Å². The number of ether oxygens (including phenoxy) is 2. The molecule has 1 aromatic heterocycles. The first-order valence-electron chi connectivity index (χ1n) is 8.10. The maximum Gasteiger partial charge on any atom is 0.272 e. The van der Waals surface area contributed by atoms with Crippen LogP contribution in [0.1, 0.15) is 5.56 Å². The number of para-hydroxylation sites is 1. The van der Waals surface area contributed by atoms with Crippen LogP contribution in [0.15, 0.2) is 66.2 Å². The van der Waals surface area contributed by atoms with Crippen molar-refractivity contribution in [1.29, 1.82) is 0 Å². The summed E-state index contributed by atoms with van der Waals surface area (Å²) in [6.45, 7) is 4.62. The number of allylic oxidation sites excluding steroid dienone is 1. The number of carbonyl (C=O) groups is 1. The molecule has 6 heteroatoms. The molecule has 26 heavy (non-hydrogen) atoms. The normalized spacial score (nSPS) is 13.6. The Kier molecular flexibility index (Phi) is 4.41. The maximum absolute atomic E-state index is 12.3. The van der Waals surface area contributed by atoms with E-state index < -0.39 is 0 Å². The molecule has 0 spiro atoms. The number of fused-ring (bicyclic) bond motifs is 2. The minimum Gasteiger partial charge on any atom is -0.454 e. The highest BCUT2D eigenvalue weighted by molar-refractivity contribution is 7.16. The van der Waals surface area contributed by atoms with Gasteiger partial charge in [-0.1, -0.05) is 35.6 Å². The van der Waals surface area contributed by atoms with Gasteiger partial charge in [-0.25, -0.2) is 0 Å². The molecule has 4 rings (SSSR count). The van der Waals surface area contributed by atoms with Gasteiger partial charge in [0.15, 0.2) is 16.3 Å². The van der Waals surface area contributed by atoms with Gasteiger partial charge in [0.05, 0.1) is 10.2 Å². The number of aromatic nitrogens is 1. The third kappa shape index (κ3) is 3.19. The molecule has 2 heterocycles. The summed E-state index contributed by atoms with van der Waals surface area (Å²) < 4.78 is 13.7. The van der Waals surface area contributed by atoms with E-state index in [1.165, 1.54) is 17.4 Å². The van der Waals surface area contributed by atoms with E-state index in [-0.39, 0.29) is 12.7 Å². The summed E-state index contributed by atoms with van der Waals surface area (Å²) in [6.07, 6.45) is 4.98. The number of amides is 1. The average molecular weight is 364 g/mol. The van der Waals surface area contributed by atoms with Crippen LogP contribution in [-0.4, -0.2) is 17.3 Å². The van der Waals surface area contributed by atoms with E-state index in [1.54, 1.807) is 12.2 Å². The summed E-state index contributed by atoms with van der Waals surface area (Å²) in [4.78, 5) is 17.2. The fraction of sp³-hybridized carbons (Fsp3) is 0.100. The monoisotopic (exact) mass is 364 g/mol. The van der Waals surface area contributed by atoms with Crippen LogP contribution in [0.2, 0.25) is 0 Å². The van der Waals surface area contributed by atoms with Crippen molar-refractivity contribution in [2.75, 3.05) is 6.79 Å². The molecule has 5 nitrogen and oxygen atoms in total. The van der Waals surface area contributed by atoms with Gasteiger partial charge in [0.2, 0.25) is 6.79 Å². The van der Waals surface area contributed by atoms with E-state index in [4.69, 9.17) is 9.47 Å². The molecule has 2 aromatic carbocycles. The highest BCUT2D eigenvalue weighted by atomic mass is 32.1. The molecule has 0 bridgehead atoms. The predicted molar refractivity (Wildman–Crippen MR) is 102 cm³/mol. The average Bonchev–Trinajstić information content (AvgIpc) is 3.25. The van der Waals surface area contributed by atoms with E-state index in [9.17, 15) is 4.79 Å². The van der Waals surface area contributed by atoms with Crippen molar-refractivity contribution in [3.63, 3.8) is 0 Å². The number of carbonyl (C=O) groups excluding carboxylic acids is 1. The van der Waals surface area contributed by atoms with E-state index in [1.807, 2.05) is 47.0 Å². The van der Waals surface area contributed by atoms with Crippen LogP contribution in [0.4, 0.5) is 0 Å². The summed E-state index contributed by atoms with van der Waals surface area (Å²) in [5, 5.41) is 0. The lowest BCUT2D eigenvalue weighted by Crippen LogP contribution is -2.15. The predicted octanol–water partition coefficient (Wildman–Crippen LogP) is 3.76. The standard InChI is InChI=1S/C20H16N2O3S/c1-2-11-22-15-5-3-4-6-18(15)26-20(22)21-19(23)10-8-14-7-9-16-17(12-14)25-13-24-16/h2-10,12H,1,11,13H2/b10-8-,21-20?. The molecular formula is C20H16N2O3S. The smallest absolute Gasteiger partial charge is 0.272 e. The Morgan fingerprint density at radius 3 is 2.96 bits per heavy atom. The number of hydrogen-bond donors (Lipinski definition) is 0. The second-order valence-corrected chi connectivity index (χ2v) is 6.66. The third-order valence-corrected chi connectivity index (χ3v) is 4.98. The van der Waals surface area contributed by atoms with Crippen LogP contribution in [0.3, 0.4) is 0 Å². The number of nitrogens with zero attached hydrogens (tertiary/aromatic N) is 2. The largest absolute Gasteiger partial charge is 0.454 e. The van der Waals surface area contributed by atoms with Crippen LogP contribution >= 0.6 is 11.3 Å². The van der Waals surface area contributed by atoms with Gasteiger partial charge in [-0.15, -0.1) is 6.58 Å². The fourth-order valence-corrected chi connectivity index (χ4v) is 3.77. The highest BCUT2D eigenvalue weighted by Crippen LogP contribution is 2.32. The number of benzene rings is 2. The topological polar surface area (TPSA) is 52.8 Å². The second kappa shape index (κ2) is 7.01. The molecule has 130 valence electrons.